The molecule has 1 amide bonds. The molecule has 2 heterocycles. The number of hydrogen-bond donors (Lipinski definition) is 4. The molecule has 1 saturated carbocycles. The molecular formula is C36H48N10O. The summed E-state index contributed by atoms with van der Waals surface area (Å²) in [6, 6.07) is 16.0. The molecule has 1 fully saturated rings. The van der Waals surface area contributed by atoms with Crippen molar-refractivity contribution < 1.29 is 4.79 Å². The van der Waals surface area contributed by atoms with Crippen LogP contribution in [0.2, 0.25) is 0 Å². The summed E-state index contributed by atoms with van der Waals surface area (Å²) in [4.78, 5) is 32.0. The van der Waals surface area contributed by atoms with E-state index in [1.54, 1.807) is 12.1 Å². The number of nitrogens with one attached hydrogen (secondary N) is 4. The van der Waals surface area contributed by atoms with Crippen molar-refractivity contribution in [3.63, 3.8) is 0 Å². The van der Waals surface area contributed by atoms with Crippen molar-refractivity contribution in [1.82, 2.24) is 29.3 Å². The number of carbonyl (C=O) groups excluding carboxylic acids is 1. The highest BCUT2D eigenvalue weighted by atomic mass is 16.1. The zero-order valence-electron chi connectivity index (χ0n) is 28.4. The standard InChI is InChI=1S/C36H48N10O/c1-24(2)46-23-37-32-33(42-36(43-34(32)46)41-28-17-19-31(20-18-28)45(6)7)39-29-11-8-12-30(22-29)40-35(47)26-13-15-27(16-14-26)38-25(3)10-9-21-44(4)5/h8-16,22-24,28,31,38H,3,17-21H2,1-2,4-7H3,(H,40,47)(H2,39,41,42,43)/b10-9+. The fourth-order valence-electron chi connectivity index (χ4n) is 5.72. The van der Waals surface area contributed by atoms with Gasteiger partial charge in [-0.1, -0.05) is 18.7 Å². The van der Waals surface area contributed by atoms with Crippen molar-refractivity contribution in [3.8, 4) is 0 Å². The van der Waals surface area contributed by atoms with Gasteiger partial charge in [-0.15, -0.1) is 0 Å². The Morgan fingerprint density at radius 3 is 2.38 bits per heavy atom. The van der Waals surface area contributed by atoms with Gasteiger partial charge in [-0.3, -0.25) is 4.79 Å². The van der Waals surface area contributed by atoms with Crippen molar-refractivity contribution in [2.45, 2.75) is 57.7 Å². The van der Waals surface area contributed by atoms with Gasteiger partial charge in [0, 0.05) is 53.0 Å². The normalized spacial score (nSPS) is 16.7. The number of likely N-dealkylation sites (N-methyl/N-ethyl adjacent to an activating group) is 1. The van der Waals surface area contributed by atoms with Crippen molar-refractivity contribution in [1.29, 1.82) is 0 Å². The maximum absolute atomic E-state index is 13.1. The van der Waals surface area contributed by atoms with E-state index in [2.05, 4.69) is 75.1 Å². The first-order valence-corrected chi connectivity index (χ1v) is 16.3. The summed E-state index contributed by atoms with van der Waals surface area (Å²) in [5.41, 5.74) is 5.10. The number of nitrogens with zero attached hydrogens (tertiary/aromatic N) is 6. The Bertz CT molecular complexity index is 1700. The number of fused-ring (bicyclic) bond motifs is 1. The van der Waals surface area contributed by atoms with Gasteiger partial charge >= 0.3 is 0 Å². The molecule has 0 saturated heterocycles. The number of aromatic nitrogens is 4. The zero-order valence-corrected chi connectivity index (χ0v) is 28.4. The van der Waals surface area contributed by atoms with Crippen LogP contribution in [-0.2, 0) is 0 Å². The molecule has 0 aliphatic heterocycles. The van der Waals surface area contributed by atoms with E-state index in [4.69, 9.17) is 9.97 Å². The lowest BCUT2D eigenvalue weighted by Crippen LogP contribution is -2.36. The third kappa shape index (κ3) is 8.96. The molecule has 4 N–H and O–H groups in total. The molecule has 0 bridgehead atoms. The molecule has 0 atom stereocenters. The quantitative estimate of drug-likeness (QED) is 0.119. The molecule has 0 spiro atoms. The van der Waals surface area contributed by atoms with Crippen LogP contribution in [0.1, 0.15) is 55.9 Å². The van der Waals surface area contributed by atoms with Gasteiger partial charge < -0.3 is 35.6 Å². The molecule has 2 aromatic carbocycles. The van der Waals surface area contributed by atoms with Crippen LogP contribution >= 0.6 is 0 Å². The number of rotatable bonds is 13. The van der Waals surface area contributed by atoms with Gasteiger partial charge in [-0.25, -0.2) is 4.98 Å². The van der Waals surface area contributed by atoms with Crippen LogP contribution in [0.15, 0.2) is 79.3 Å². The van der Waals surface area contributed by atoms with E-state index in [1.807, 2.05) is 69.0 Å². The number of hydrogen-bond acceptors (Lipinski definition) is 9. The summed E-state index contributed by atoms with van der Waals surface area (Å²) >= 11 is 0. The first-order valence-electron chi connectivity index (χ1n) is 16.3. The molecule has 11 heteroatoms. The summed E-state index contributed by atoms with van der Waals surface area (Å²) in [5.74, 6) is 1.00. The van der Waals surface area contributed by atoms with Crippen molar-refractivity contribution in [3.05, 3.63) is 84.8 Å². The number of allylic oxidation sites excluding steroid dienone is 1. The summed E-state index contributed by atoms with van der Waals surface area (Å²) in [6.07, 6.45) is 10.2. The van der Waals surface area contributed by atoms with Gasteiger partial charge in [0.05, 0.1) is 6.33 Å². The van der Waals surface area contributed by atoms with Gasteiger partial charge in [-0.2, -0.15) is 9.97 Å². The molecule has 47 heavy (non-hydrogen) atoms. The molecule has 248 valence electrons. The molecule has 2 aromatic heterocycles. The number of benzene rings is 2. The average molecular weight is 637 g/mol. The lowest BCUT2D eigenvalue weighted by molar-refractivity contribution is 0.102. The summed E-state index contributed by atoms with van der Waals surface area (Å²) in [5, 5.41) is 13.3. The largest absolute Gasteiger partial charge is 0.356 e. The highest BCUT2D eigenvalue weighted by Gasteiger charge is 2.24. The second kappa shape index (κ2) is 15.2. The van der Waals surface area contributed by atoms with Crippen molar-refractivity contribution in [2.24, 2.45) is 0 Å². The average Bonchev–Trinajstić information content (AvgIpc) is 3.46. The van der Waals surface area contributed by atoms with E-state index < -0.39 is 0 Å². The zero-order chi connectivity index (χ0) is 33.5. The predicted molar refractivity (Wildman–Crippen MR) is 194 cm³/mol. The van der Waals surface area contributed by atoms with Crippen LogP contribution in [-0.4, -0.2) is 82.0 Å². The Labute approximate surface area is 278 Å². The van der Waals surface area contributed by atoms with Crippen LogP contribution in [0.25, 0.3) is 11.2 Å². The Kier molecular flexibility index (Phi) is 10.9. The molecule has 0 radical (unpaired) electrons. The van der Waals surface area contributed by atoms with Gasteiger partial charge in [0.15, 0.2) is 17.0 Å². The third-order valence-electron chi connectivity index (χ3n) is 8.36. The minimum Gasteiger partial charge on any atom is -0.356 e. The van der Waals surface area contributed by atoms with Crippen LogP contribution < -0.4 is 21.3 Å². The number of carbonyl (C=O) groups is 1. The smallest absolute Gasteiger partial charge is 0.255 e. The van der Waals surface area contributed by atoms with Crippen molar-refractivity contribution >= 4 is 45.9 Å². The Morgan fingerprint density at radius 2 is 1.70 bits per heavy atom. The van der Waals surface area contributed by atoms with Crippen LogP contribution in [0, 0.1) is 0 Å². The lowest BCUT2D eigenvalue weighted by Gasteiger charge is -2.33. The minimum absolute atomic E-state index is 0.193. The summed E-state index contributed by atoms with van der Waals surface area (Å²) in [6.45, 7) is 9.10. The maximum atomic E-state index is 13.1. The molecule has 4 aromatic rings. The Balaban J connectivity index is 1.28. The van der Waals surface area contributed by atoms with E-state index in [9.17, 15) is 4.79 Å². The first kappa shape index (κ1) is 33.6. The van der Waals surface area contributed by atoms with E-state index in [0.29, 0.717) is 40.6 Å². The van der Waals surface area contributed by atoms with Crippen LogP contribution in [0.5, 0.6) is 0 Å². The van der Waals surface area contributed by atoms with E-state index in [0.717, 1.165) is 54.9 Å². The van der Waals surface area contributed by atoms with Gasteiger partial charge in [0.1, 0.15) is 0 Å². The van der Waals surface area contributed by atoms with Crippen LogP contribution in [0.4, 0.5) is 28.8 Å². The Hall–Kier alpha value is -4.74. The molecule has 5 rings (SSSR count). The monoisotopic (exact) mass is 636 g/mol. The minimum atomic E-state index is -0.200. The van der Waals surface area contributed by atoms with E-state index in [-0.39, 0.29) is 11.9 Å². The lowest BCUT2D eigenvalue weighted by atomic mass is 9.91. The first-order chi connectivity index (χ1) is 22.5. The molecule has 1 aliphatic rings. The third-order valence-corrected chi connectivity index (χ3v) is 8.36. The second-order valence-electron chi connectivity index (χ2n) is 13.0. The molecule has 1 aliphatic carbocycles. The SMILES string of the molecule is C=C(/C=C/CN(C)C)Nc1ccc(C(=O)Nc2cccc(Nc3nc(NC4CCC(N(C)C)CC4)nc4c3ncn4C(C)C)c2)cc1. The summed E-state index contributed by atoms with van der Waals surface area (Å²) in [7, 11) is 8.34. The van der Waals surface area contributed by atoms with E-state index in [1.165, 1.54) is 0 Å². The fraction of sp³-hybridized carbons (Fsp3) is 0.389. The maximum Gasteiger partial charge on any atom is 0.255 e. The Morgan fingerprint density at radius 1 is 0.979 bits per heavy atom. The second-order valence-corrected chi connectivity index (χ2v) is 13.0. The highest BCUT2D eigenvalue weighted by molar-refractivity contribution is 6.04. The number of imidazole rings is 1. The molecule has 11 nitrogen and oxygen atoms in total. The highest BCUT2D eigenvalue weighted by Crippen LogP contribution is 2.29. The van der Waals surface area contributed by atoms with Crippen LogP contribution in [0.3, 0.4) is 0 Å². The topological polar surface area (TPSA) is 115 Å². The van der Waals surface area contributed by atoms with Crippen molar-refractivity contribution in [2.75, 3.05) is 56.0 Å². The molecule has 0 unspecified atom stereocenters. The number of amides is 1. The van der Waals surface area contributed by atoms with Gasteiger partial charge in [0.25, 0.3) is 5.91 Å². The molecular weight excluding hydrogens is 588 g/mol. The van der Waals surface area contributed by atoms with Gasteiger partial charge in [-0.05, 0) is 116 Å². The summed E-state index contributed by atoms with van der Waals surface area (Å²) < 4.78 is 2.06. The fourth-order valence-corrected chi connectivity index (χ4v) is 5.72. The number of anilines is 5. The van der Waals surface area contributed by atoms with Gasteiger partial charge in [0.2, 0.25) is 5.95 Å². The van der Waals surface area contributed by atoms with E-state index >= 15 is 0 Å². The predicted octanol–water partition coefficient (Wildman–Crippen LogP) is 6.73.